The van der Waals surface area contributed by atoms with Crippen molar-refractivity contribution in [3.8, 4) is 29.4 Å². The number of rotatable bonds is 2. The van der Waals surface area contributed by atoms with Gasteiger partial charge in [0.1, 0.15) is 12.4 Å². The monoisotopic (exact) mass is 200 g/mol. The molecule has 76 valence electrons. The van der Waals surface area contributed by atoms with Crippen molar-refractivity contribution in [2.24, 2.45) is 0 Å². The van der Waals surface area contributed by atoms with E-state index in [1.165, 1.54) is 0 Å². The summed E-state index contributed by atoms with van der Waals surface area (Å²) in [5.74, 6) is 11.3. The van der Waals surface area contributed by atoms with Crippen molar-refractivity contribution in [1.29, 1.82) is 0 Å². The van der Waals surface area contributed by atoms with E-state index in [-0.39, 0.29) is 6.61 Å². The molecule has 0 aromatic heterocycles. The van der Waals surface area contributed by atoms with Gasteiger partial charge in [0.15, 0.2) is 0 Å². The van der Waals surface area contributed by atoms with Crippen LogP contribution in [0.3, 0.4) is 0 Å². The number of benzene rings is 1. The molecule has 0 aliphatic carbocycles. The quantitative estimate of drug-likeness (QED) is 0.732. The van der Waals surface area contributed by atoms with Gasteiger partial charge in [0.2, 0.25) is 0 Å². The van der Waals surface area contributed by atoms with Crippen LogP contribution in [-0.2, 0) is 0 Å². The summed E-state index contributed by atoms with van der Waals surface area (Å²) in [7, 11) is 0. The third kappa shape index (κ3) is 4.22. The van der Waals surface area contributed by atoms with E-state index in [0.717, 1.165) is 11.3 Å². The van der Waals surface area contributed by atoms with E-state index in [1.54, 1.807) is 0 Å². The van der Waals surface area contributed by atoms with E-state index < -0.39 is 0 Å². The SMILES string of the molecule is CCOc1ccc(C#CC#CCO)cc1. The molecule has 0 aliphatic rings. The van der Waals surface area contributed by atoms with Crippen LogP contribution in [0.25, 0.3) is 0 Å². The second kappa shape index (κ2) is 6.54. The Labute approximate surface area is 89.9 Å². The molecule has 0 aliphatic heterocycles. The van der Waals surface area contributed by atoms with Crippen molar-refractivity contribution < 1.29 is 9.84 Å². The Hall–Kier alpha value is -1.90. The number of aliphatic hydroxyl groups is 1. The van der Waals surface area contributed by atoms with Crippen LogP contribution in [0.2, 0.25) is 0 Å². The first kappa shape index (κ1) is 11.2. The number of ether oxygens (including phenoxy) is 1. The summed E-state index contributed by atoms with van der Waals surface area (Å²) in [6, 6.07) is 7.48. The van der Waals surface area contributed by atoms with Crippen LogP contribution in [0.4, 0.5) is 0 Å². The fraction of sp³-hybridized carbons (Fsp3) is 0.231. The Morgan fingerprint density at radius 2 is 1.93 bits per heavy atom. The third-order valence-corrected chi connectivity index (χ3v) is 1.60. The minimum atomic E-state index is -0.155. The van der Waals surface area contributed by atoms with Crippen molar-refractivity contribution in [2.45, 2.75) is 6.92 Å². The third-order valence-electron chi connectivity index (χ3n) is 1.60. The van der Waals surface area contributed by atoms with Crippen LogP contribution in [0.1, 0.15) is 12.5 Å². The predicted octanol–water partition coefficient (Wildman–Crippen LogP) is 1.43. The van der Waals surface area contributed by atoms with E-state index in [9.17, 15) is 0 Å². The van der Waals surface area contributed by atoms with Gasteiger partial charge in [-0.25, -0.2) is 0 Å². The van der Waals surface area contributed by atoms with Crippen LogP contribution >= 0.6 is 0 Å². The van der Waals surface area contributed by atoms with Crippen molar-refractivity contribution in [2.75, 3.05) is 13.2 Å². The highest BCUT2D eigenvalue weighted by atomic mass is 16.5. The molecule has 1 rings (SSSR count). The first-order valence-electron chi connectivity index (χ1n) is 4.69. The molecule has 0 spiro atoms. The van der Waals surface area contributed by atoms with Crippen molar-refractivity contribution in [1.82, 2.24) is 0 Å². The average Bonchev–Trinajstić information content (AvgIpc) is 2.27. The summed E-state index contributed by atoms with van der Waals surface area (Å²) < 4.78 is 5.29. The molecule has 0 atom stereocenters. The number of hydrogen-bond donors (Lipinski definition) is 1. The summed E-state index contributed by atoms with van der Waals surface area (Å²) in [6.45, 7) is 2.45. The van der Waals surface area contributed by atoms with E-state index >= 15 is 0 Å². The Bertz CT molecular complexity index is 410. The molecule has 0 bridgehead atoms. The molecule has 1 N–H and O–H groups in total. The number of hydrogen-bond acceptors (Lipinski definition) is 2. The molecule has 2 nitrogen and oxygen atoms in total. The summed E-state index contributed by atoms with van der Waals surface area (Å²) in [6.07, 6.45) is 0. The maximum absolute atomic E-state index is 8.40. The Morgan fingerprint density at radius 1 is 1.20 bits per heavy atom. The fourth-order valence-electron chi connectivity index (χ4n) is 0.988. The Balaban J connectivity index is 2.66. The van der Waals surface area contributed by atoms with Crippen LogP contribution < -0.4 is 4.74 Å². The molecule has 15 heavy (non-hydrogen) atoms. The lowest BCUT2D eigenvalue weighted by molar-refractivity contribution is 0.340. The molecule has 0 saturated carbocycles. The first-order valence-corrected chi connectivity index (χ1v) is 4.69. The summed E-state index contributed by atoms with van der Waals surface area (Å²) in [5.41, 5.74) is 0.880. The lowest BCUT2D eigenvalue weighted by atomic mass is 10.2. The second-order valence-electron chi connectivity index (χ2n) is 2.67. The highest BCUT2D eigenvalue weighted by molar-refractivity contribution is 5.42. The van der Waals surface area contributed by atoms with E-state index in [0.29, 0.717) is 6.61 Å². The summed E-state index contributed by atoms with van der Waals surface area (Å²) >= 11 is 0. The standard InChI is InChI=1S/C13H12O2/c1-2-15-13-9-7-12(8-10-13)6-4-3-5-11-14/h7-10,14H,2,11H2,1H3. The molecule has 2 heteroatoms. The largest absolute Gasteiger partial charge is 0.494 e. The minimum Gasteiger partial charge on any atom is -0.494 e. The lowest BCUT2D eigenvalue weighted by Crippen LogP contribution is -1.90. The predicted molar refractivity (Wildman–Crippen MR) is 59.4 cm³/mol. The highest BCUT2D eigenvalue weighted by Gasteiger charge is 1.90. The fourth-order valence-corrected chi connectivity index (χ4v) is 0.988. The van der Waals surface area contributed by atoms with Crippen molar-refractivity contribution in [3.05, 3.63) is 29.8 Å². The molecular weight excluding hydrogens is 188 g/mol. The average molecular weight is 200 g/mol. The maximum Gasteiger partial charge on any atom is 0.119 e. The van der Waals surface area contributed by atoms with Gasteiger partial charge in [-0.1, -0.05) is 11.8 Å². The van der Waals surface area contributed by atoms with Gasteiger partial charge in [0, 0.05) is 5.56 Å². The smallest absolute Gasteiger partial charge is 0.119 e. The molecular formula is C13H12O2. The molecule has 0 unspecified atom stereocenters. The Kier molecular flexibility index (Phi) is 4.87. The van der Waals surface area contributed by atoms with Gasteiger partial charge in [-0.2, -0.15) is 0 Å². The van der Waals surface area contributed by atoms with Crippen molar-refractivity contribution >= 4 is 0 Å². The maximum atomic E-state index is 8.40. The van der Waals surface area contributed by atoms with Crippen LogP contribution in [0.5, 0.6) is 5.75 Å². The van der Waals surface area contributed by atoms with Gasteiger partial charge in [0.05, 0.1) is 6.61 Å². The van der Waals surface area contributed by atoms with Crippen molar-refractivity contribution in [3.63, 3.8) is 0 Å². The number of aliphatic hydroxyl groups excluding tert-OH is 1. The molecule has 0 heterocycles. The zero-order valence-corrected chi connectivity index (χ0v) is 8.58. The van der Waals surface area contributed by atoms with Gasteiger partial charge >= 0.3 is 0 Å². The zero-order chi connectivity index (χ0) is 10.9. The normalized spacial score (nSPS) is 8.13. The molecule has 0 radical (unpaired) electrons. The lowest BCUT2D eigenvalue weighted by Gasteiger charge is -2.00. The zero-order valence-electron chi connectivity index (χ0n) is 8.58. The van der Waals surface area contributed by atoms with E-state index in [1.807, 2.05) is 31.2 Å². The van der Waals surface area contributed by atoms with Crippen LogP contribution in [0, 0.1) is 23.7 Å². The van der Waals surface area contributed by atoms with Gasteiger partial charge in [0.25, 0.3) is 0 Å². The molecule has 1 aromatic rings. The van der Waals surface area contributed by atoms with Gasteiger partial charge in [-0.3, -0.25) is 0 Å². The van der Waals surface area contributed by atoms with Crippen LogP contribution in [0.15, 0.2) is 24.3 Å². The second-order valence-corrected chi connectivity index (χ2v) is 2.67. The van der Waals surface area contributed by atoms with Gasteiger partial charge < -0.3 is 9.84 Å². The molecule has 0 saturated heterocycles. The Morgan fingerprint density at radius 3 is 2.53 bits per heavy atom. The molecule has 0 fully saturated rings. The highest BCUT2D eigenvalue weighted by Crippen LogP contribution is 2.10. The molecule has 1 aromatic carbocycles. The summed E-state index contributed by atoms with van der Waals surface area (Å²) in [5, 5.41) is 8.40. The topological polar surface area (TPSA) is 29.5 Å². The summed E-state index contributed by atoms with van der Waals surface area (Å²) in [4.78, 5) is 0. The van der Waals surface area contributed by atoms with Gasteiger partial charge in [-0.15, -0.1) is 0 Å². The minimum absolute atomic E-state index is 0.155. The molecule has 0 amide bonds. The van der Waals surface area contributed by atoms with E-state index in [2.05, 4.69) is 23.7 Å². The van der Waals surface area contributed by atoms with Crippen LogP contribution in [-0.4, -0.2) is 18.3 Å². The van der Waals surface area contributed by atoms with Gasteiger partial charge in [-0.05, 0) is 43.0 Å². The first-order chi connectivity index (χ1) is 7.36. The van der Waals surface area contributed by atoms with E-state index in [4.69, 9.17) is 9.84 Å².